The molecule has 1 aromatic heterocycles. The van der Waals surface area contributed by atoms with Gasteiger partial charge in [-0.2, -0.15) is 0 Å². The van der Waals surface area contributed by atoms with Crippen LogP contribution >= 0.6 is 11.8 Å². The lowest BCUT2D eigenvalue weighted by Crippen LogP contribution is -1.89. The Morgan fingerprint density at radius 3 is 2.76 bits per heavy atom. The quantitative estimate of drug-likeness (QED) is 0.557. The Hall–Kier alpha value is -2.47. The second-order valence-corrected chi connectivity index (χ2v) is 5.57. The number of nitrogens with zero attached hydrogens (tertiary/aromatic N) is 1. The molecule has 1 heterocycles. The zero-order chi connectivity index (χ0) is 14.8. The summed E-state index contributed by atoms with van der Waals surface area (Å²) in [5.74, 6) is 0. The fourth-order valence-corrected chi connectivity index (χ4v) is 3.19. The number of fused-ring (bicyclic) bond motifs is 1. The van der Waals surface area contributed by atoms with Crippen molar-refractivity contribution in [2.75, 3.05) is 12.4 Å². The van der Waals surface area contributed by atoms with E-state index in [0.717, 1.165) is 21.5 Å². The third-order valence-corrected chi connectivity index (χ3v) is 4.34. The molecule has 0 bridgehead atoms. The predicted molar refractivity (Wildman–Crippen MR) is 85.1 cm³/mol. The Morgan fingerprint density at radius 1 is 1.19 bits per heavy atom. The normalized spacial score (nSPS) is 10.7. The van der Waals surface area contributed by atoms with Crippen molar-refractivity contribution in [2.45, 2.75) is 9.79 Å². The highest BCUT2D eigenvalue weighted by Gasteiger charge is 2.15. The van der Waals surface area contributed by atoms with Crippen molar-refractivity contribution in [1.82, 2.24) is 4.98 Å². The number of rotatable bonds is 4. The summed E-state index contributed by atoms with van der Waals surface area (Å²) in [4.78, 5) is 15.5. The molecule has 0 spiro atoms. The minimum absolute atomic E-state index is 0.128. The Morgan fingerprint density at radius 2 is 2.00 bits per heavy atom. The molecule has 0 saturated carbocycles. The molecule has 0 aliphatic rings. The maximum atomic E-state index is 11.1. The van der Waals surface area contributed by atoms with Crippen LogP contribution in [0, 0.1) is 10.1 Å². The zero-order valence-electron chi connectivity index (χ0n) is 11.3. The van der Waals surface area contributed by atoms with Gasteiger partial charge >= 0.3 is 0 Å². The van der Waals surface area contributed by atoms with E-state index in [1.165, 1.54) is 17.8 Å². The van der Waals surface area contributed by atoms with Gasteiger partial charge in [-0.3, -0.25) is 10.1 Å². The number of nitro groups is 1. The molecule has 2 N–H and O–H groups in total. The van der Waals surface area contributed by atoms with Gasteiger partial charge in [0.15, 0.2) is 0 Å². The van der Waals surface area contributed by atoms with E-state index in [0.29, 0.717) is 4.90 Å². The van der Waals surface area contributed by atoms with Gasteiger partial charge in [-0.1, -0.05) is 23.9 Å². The molecule has 0 atom stereocenters. The summed E-state index contributed by atoms with van der Waals surface area (Å²) in [6.07, 6.45) is 1.88. The van der Waals surface area contributed by atoms with Crippen LogP contribution in [-0.4, -0.2) is 17.0 Å². The largest absolute Gasteiger partial charge is 0.388 e. The average molecular weight is 299 g/mol. The maximum Gasteiger partial charge on any atom is 0.283 e. The lowest BCUT2D eigenvalue weighted by atomic mass is 10.2. The SMILES string of the molecule is CNc1ccc2c(Sc3ccccc3[N+](=O)[O-])c[nH]c2c1. The molecular formula is C15H13N3O2S. The molecule has 0 saturated heterocycles. The Kier molecular flexibility index (Phi) is 3.53. The number of hydrogen-bond donors (Lipinski definition) is 2. The summed E-state index contributed by atoms with van der Waals surface area (Å²) < 4.78 is 0. The van der Waals surface area contributed by atoms with Crippen LogP contribution in [0.2, 0.25) is 0 Å². The van der Waals surface area contributed by atoms with Crippen LogP contribution < -0.4 is 5.32 Å². The lowest BCUT2D eigenvalue weighted by molar-refractivity contribution is -0.387. The molecular weight excluding hydrogens is 286 g/mol. The van der Waals surface area contributed by atoms with Gasteiger partial charge in [-0.05, 0) is 24.3 Å². The predicted octanol–water partition coefficient (Wildman–Crippen LogP) is 4.27. The second kappa shape index (κ2) is 5.49. The number of benzene rings is 2. The van der Waals surface area contributed by atoms with Crippen molar-refractivity contribution >= 4 is 34.0 Å². The Balaban J connectivity index is 2.01. The monoisotopic (exact) mass is 299 g/mol. The number of nitrogens with one attached hydrogen (secondary N) is 2. The van der Waals surface area contributed by atoms with E-state index in [-0.39, 0.29) is 10.6 Å². The third-order valence-electron chi connectivity index (χ3n) is 3.21. The molecule has 0 radical (unpaired) electrons. The zero-order valence-corrected chi connectivity index (χ0v) is 12.1. The molecule has 0 unspecified atom stereocenters. The third kappa shape index (κ3) is 2.57. The summed E-state index contributed by atoms with van der Waals surface area (Å²) >= 11 is 1.40. The van der Waals surface area contributed by atoms with Gasteiger partial charge in [0.1, 0.15) is 0 Å². The van der Waals surface area contributed by atoms with E-state index >= 15 is 0 Å². The van der Waals surface area contributed by atoms with Crippen LogP contribution in [0.25, 0.3) is 10.9 Å². The first-order chi connectivity index (χ1) is 10.2. The Bertz CT molecular complexity index is 814. The van der Waals surface area contributed by atoms with Crippen LogP contribution in [0.1, 0.15) is 0 Å². The molecule has 6 heteroatoms. The highest BCUT2D eigenvalue weighted by Crippen LogP contribution is 2.38. The fourth-order valence-electron chi connectivity index (χ4n) is 2.15. The average Bonchev–Trinajstić information content (AvgIpc) is 2.90. The van der Waals surface area contributed by atoms with E-state index in [4.69, 9.17) is 0 Å². The molecule has 0 fully saturated rings. The maximum absolute atomic E-state index is 11.1. The van der Waals surface area contributed by atoms with Crippen LogP contribution in [-0.2, 0) is 0 Å². The molecule has 3 aromatic rings. The van der Waals surface area contributed by atoms with Gasteiger partial charge in [0.05, 0.1) is 9.82 Å². The minimum atomic E-state index is -0.351. The number of anilines is 1. The van der Waals surface area contributed by atoms with Crippen LogP contribution in [0.4, 0.5) is 11.4 Å². The lowest BCUT2D eigenvalue weighted by Gasteiger charge is -2.03. The summed E-state index contributed by atoms with van der Waals surface area (Å²) in [6, 6.07) is 12.8. The van der Waals surface area contributed by atoms with Crippen molar-refractivity contribution in [3.63, 3.8) is 0 Å². The van der Waals surface area contributed by atoms with Gasteiger partial charge in [0.25, 0.3) is 5.69 Å². The van der Waals surface area contributed by atoms with Crippen molar-refractivity contribution < 1.29 is 4.92 Å². The van der Waals surface area contributed by atoms with Crippen molar-refractivity contribution in [2.24, 2.45) is 0 Å². The minimum Gasteiger partial charge on any atom is -0.388 e. The van der Waals surface area contributed by atoms with E-state index < -0.39 is 0 Å². The molecule has 0 amide bonds. The Labute approximate surface area is 125 Å². The molecule has 3 rings (SSSR count). The summed E-state index contributed by atoms with van der Waals surface area (Å²) in [6.45, 7) is 0. The van der Waals surface area contributed by atoms with Gasteiger partial charge in [0, 0.05) is 40.8 Å². The van der Waals surface area contributed by atoms with E-state index in [1.54, 1.807) is 12.1 Å². The molecule has 0 aliphatic heterocycles. The molecule has 2 aromatic carbocycles. The van der Waals surface area contributed by atoms with Gasteiger partial charge < -0.3 is 10.3 Å². The summed E-state index contributed by atoms with van der Waals surface area (Å²) in [5.41, 5.74) is 2.15. The van der Waals surface area contributed by atoms with Crippen molar-refractivity contribution in [3.05, 3.63) is 58.8 Å². The first-order valence-electron chi connectivity index (χ1n) is 6.39. The summed E-state index contributed by atoms with van der Waals surface area (Å²) in [5, 5.41) is 15.2. The summed E-state index contributed by atoms with van der Waals surface area (Å²) in [7, 11) is 1.87. The molecule has 106 valence electrons. The standard InChI is InChI=1S/C15H13N3O2S/c1-16-10-6-7-11-12(8-10)17-9-15(11)21-14-5-3-2-4-13(14)18(19)20/h2-9,16-17H,1H3. The van der Waals surface area contributed by atoms with E-state index in [1.807, 2.05) is 37.5 Å². The topological polar surface area (TPSA) is 71.0 Å². The number of hydrogen-bond acceptors (Lipinski definition) is 4. The number of para-hydroxylation sites is 1. The van der Waals surface area contributed by atoms with Crippen LogP contribution in [0.15, 0.2) is 58.5 Å². The van der Waals surface area contributed by atoms with E-state index in [9.17, 15) is 10.1 Å². The van der Waals surface area contributed by atoms with Gasteiger partial charge in [-0.25, -0.2) is 0 Å². The molecule has 5 nitrogen and oxygen atoms in total. The first-order valence-corrected chi connectivity index (χ1v) is 7.21. The molecule has 0 aliphatic carbocycles. The fraction of sp³-hybridized carbons (Fsp3) is 0.0667. The first kappa shape index (κ1) is 13.5. The second-order valence-electron chi connectivity index (χ2n) is 4.49. The number of H-pyrrole nitrogens is 1. The van der Waals surface area contributed by atoms with Crippen LogP contribution in [0.5, 0.6) is 0 Å². The van der Waals surface area contributed by atoms with Crippen molar-refractivity contribution in [3.8, 4) is 0 Å². The highest BCUT2D eigenvalue weighted by atomic mass is 32.2. The number of aromatic amines is 1. The highest BCUT2D eigenvalue weighted by molar-refractivity contribution is 7.99. The number of nitro benzene ring substituents is 1. The van der Waals surface area contributed by atoms with Gasteiger partial charge in [-0.15, -0.1) is 0 Å². The van der Waals surface area contributed by atoms with Gasteiger partial charge in [0.2, 0.25) is 0 Å². The smallest absolute Gasteiger partial charge is 0.283 e. The number of aromatic nitrogens is 1. The van der Waals surface area contributed by atoms with Crippen LogP contribution in [0.3, 0.4) is 0 Å². The van der Waals surface area contributed by atoms with Crippen molar-refractivity contribution in [1.29, 1.82) is 0 Å². The van der Waals surface area contributed by atoms with E-state index in [2.05, 4.69) is 10.3 Å². The molecule has 21 heavy (non-hydrogen) atoms.